The van der Waals surface area contributed by atoms with Crippen molar-refractivity contribution in [1.82, 2.24) is 10.2 Å². The van der Waals surface area contributed by atoms with Crippen molar-refractivity contribution in [3.8, 4) is 0 Å². The molecule has 4 nitrogen and oxygen atoms in total. The third kappa shape index (κ3) is 3.48. The van der Waals surface area contributed by atoms with E-state index in [2.05, 4.69) is 11.9 Å². The fourth-order valence-corrected chi connectivity index (χ4v) is 4.46. The maximum atomic E-state index is 13.9. The number of carbonyl (C=O) groups is 2. The number of nitrogens with one attached hydrogen (secondary N) is 1. The van der Waals surface area contributed by atoms with Gasteiger partial charge in [-0.2, -0.15) is 0 Å². The number of thioether (sulfide) groups is 1. The van der Waals surface area contributed by atoms with Crippen LogP contribution in [0.3, 0.4) is 0 Å². The van der Waals surface area contributed by atoms with Crippen LogP contribution in [-0.4, -0.2) is 35.6 Å². The van der Waals surface area contributed by atoms with Crippen LogP contribution in [0.4, 0.5) is 4.39 Å². The van der Waals surface area contributed by atoms with E-state index in [1.54, 1.807) is 11.0 Å². The molecule has 0 aliphatic carbocycles. The lowest BCUT2D eigenvalue weighted by molar-refractivity contribution is -0.132. The average molecular weight is 348 g/mol. The summed E-state index contributed by atoms with van der Waals surface area (Å²) in [5, 5.41) is 3.09. The molecule has 0 saturated carbocycles. The number of amides is 2. The number of rotatable bonds is 3. The minimum atomic E-state index is -0.215. The normalized spacial score (nSPS) is 21.0. The number of hydrogen-bond acceptors (Lipinski definition) is 3. The van der Waals surface area contributed by atoms with E-state index in [9.17, 15) is 14.0 Å². The first-order valence-electron chi connectivity index (χ1n) is 8.23. The highest BCUT2D eigenvalue weighted by Gasteiger charge is 2.30. The molecule has 2 aliphatic heterocycles. The minimum absolute atomic E-state index is 0.00723. The molecule has 1 aromatic carbocycles. The van der Waals surface area contributed by atoms with Gasteiger partial charge in [-0.15, -0.1) is 11.8 Å². The summed E-state index contributed by atoms with van der Waals surface area (Å²) >= 11 is 1.51. The van der Waals surface area contributed by atoms with Gasteiger partial charge in [-0.1, -0.05) is 18.7 Å². The number of carbonyl (C=O) groups excluding carboxylic acids is 2. The molecule has 2 heterocycles. The van der Waals surface area contributed by atoms with Gasteiger partial charge < -0.3 is 10.2 Å². The molecule has 128 valence electrons. The molecule has 1 N–H and O–H groups in total. The van der Waals surface area contributed by atoms with Crippen molar-refractivity contribution in [1.29, 1.82) is 0 Å². The summed E-state index contributed by atoms with van der Waals surface area (Å²) in [5.41, 5.74) is 0.874. The van der Waals surface area contributed by atoms with Crippen LogP contribution in [0.1, 0.15) is 30.9 Å². The molecule has 0 bridgehead atoms. The van der Waals surface area contributed by atoms with Crippen molar-refractivity contribution in [2.45, 2.75) is 30.2 Å². The Labute approximate surface area is 145 Å². The van der Waals surface area contributed by atoms with E-state index in [0.29, 0.717) is 30.8 Å². The van der Waals surface area contributed by atoms with E-state index in [4.69, 9.17) is 0 Å². The molecular weight excluding hydrogens is 327 g/mol. The third-order valence-corrected chi connectivity index (χ3v) is 5.85. The lowest BCUT2D eigenvalue weighted by Crippen LogP contribution is -2.43. The van der Waals surface area contributed by atoms with Gasteiger partial charge in [-0.25, -0.2) is 4.39 Å². The van der Waals surface area contributed by atoms with Gasteiger partial charge in [-0.05, 0) is 37.0 Å². The molecule has 1 saturated heterocycles. The number of hydrogen-bond donors (Lipinski definition) is 1. The van der Waals surface area contributed by atoms with Gasteiger partial charge in [0.1, 0.15) is 5.82 Å². The quantitative estimate of drug-likeness (QED) is 0.855. The van der Waals surface area contributed by atoms with Crippen LogP contribution < -0.4 is 5.32 Å². The molecule has 24 heavy (non-hydrogen) atoms. The molecule has 0 radical (unpaired) electrons. The number of fused-ring (bicyclic) bond motifs is 1. The van der Waals surface area contributed by atoms with Gasteiger partial charge >= 0.3 is 0 Å². The first-order chi connectivity index (χ1) is 11.6. The van der Waals surface area contributed by atoms with Crippen LogP contribution in [0.2, 0.25) is 0 Å². The van der Waals surface area contributed by atoms with E-state index in [0.717, 1.165) is 17.7 Å². The van der Waals surface area contributed by atoms with Crippen molar-refractivity contribution in [3.05, 3.63) is 42.2 Å². The highest BCUT2D eigenvalue weighted by atomic mass is 32.2. The second-order valence-electron chi connectivity index (χ2n) is 6.16. The molecule has 1 unspecified atom stereocenters. The number of piperidine rings is 1. The highest BCUT2D eigenvalue weighted by molar-refractivity contribution is 7.99. The zero-order chi connectivity index (χ0) is 17.1. The van der Waals surface area contributed by atoms with E-state index in [-0.39, 0.29) is 29.6 Å². The molecule has 2 aliphatic rings. The molecule has 1 atom stereocenters. The number of nitrogens with zero attached hydrogens (tertiary/aromatic N) is 1. The van der Waals surface area contributed by atoms with Gasteiger partial charge in [0, 0.05) is 29.7 Å². The molecule has 0 spiro atoms. The van der Waals surface area contributed by atoms with Gasteiger partial charge in [0.25, 0.3) is 0 Å². The van der Waals surface area contributed by atoms with Crippen LogP contribution >= 0.6 is 11.8 Å². The SMILES string of the molecule is C=CC(=O)N1CCC(C(=O)NC2CCSc3c(F)cccc32)CC1. The largest absolute Gasteiger partial charge is 0.349 e. The molecule has 0 aromatic heterocycles. The summed E-state index contributed by atoms with van der Waals surface area (Å²) in [6, 6.07) is 4.92. The van der Waals surface area contributed by atoms with Crippen molar-refractivity contribution < 1.29 is 14.0 Å². The highest BCUT2D eigenvalue weighted by Crippen LogP contribution is 2.38. The van der Waals surface area contributed by atoms with Crippen molar-refractivity contribution >= 4 is 23.6 Å². The minimum Gasteiger partial charge on any atom is -0.349 e. The molecule has 3 rings (SSSR count). The van der Waals surface area contributed by atoms with E-state index in [1.807, 2.05) is 6.07 Å². The Morgan fingerprint density at radius 1 is 1.29 bits per heavy atom. The average Bonchev–Trinajstić information content (AvgIpc) is 2.62. The predicted molar refractivity (Wildman–Crippen MR) is 92.1 cm³/mol. The van der Waals surface area contributed by atoms with Gasteiger partial charge in [0.05, 0.1) is 6.04 Å². The van der Waals surface area contributed by atoms with Crippen molar-refractivity contribution in [3.63, 3.8) is 0 Å². The van der Waals surface area contributed by atoms with Crippen LogP contribution in [0, 0.1) is 11.7 Å². The Bertz CT molecular complexity index is 656. The topological polar surface area (TPSA) is 49.4 Å². The monoisotopic (exact) mass is 348 g/mol. The predicted octanol–water partition coefficient (Wildman–Crippen LogP) is 2.90. The summed E-state index contributed by atoms with van der Waals surface area (Å²) in [5.74, 6) is 0.416. The first kappa shape index (κ1) is 17.0. The Morgan fingerprint density at radius 3 is 2.75 bits per heavy atom. The van der Waals surface area contributed by atoms with Crippen LogP contribution in [0.15, 0.2) is 35.7 Å². The molecular formula is C18H21FN2O2S. The first-order valence-corrected chi connectivity index (χ1v) is 9.21. The summed E-state index contributed by atoms with van der Waals surface area (Å²) in [4.78, 5) is 26.5. The van der Waals surface area contributed by atoms with Gasteiger partial charge in [-0.3, -0.25) is 9.59 Å². The van der Waals surface area contributed by atoms with Crippen molar-refractivity contribution in [2.75, 3.05) is 18.8 Å². The maximum Gasteiger partial charge on any atom is 0.245 e. The maximum absolute atomic E-state index is 13.9. The van der Waals surface area contributed by atoms with E-state index >= 15 is 0 Å². The Kier molecular flexibility index (Phi) is 5.23. The molecule has 6 heteroatoms. The lowest BCUT2D eigenvalue weighted by atomic mass is 9.94. The number of benzene rings is 1. The fourth-order valence-electron chi connectivity index (χ4n) is 3.32. The zero-order valence-electron chi connectivity index (χ0n) is 13.5. The zero-order valence-corrected chi connectivity index (χ0v) is 14.3. The number of likely N-dealkylation sites (tertiary alicyclic amines) is 1. The van der Waals surface area contributed by atoms with Crippen LogP contribution in [0.5, 0.6) is 0 Å². The molecule has 1 aromatic rings. The smallest absolute Gasteiger partial charge is 0.245 e. The van der Waals surface area contributed by atoms with E-state index < -0.39 is 0 Å². The van der Waals surface area contributed by atoms with Gasteiger partial charge in [0.2, 0.25) is 11.8 Å². The molecule has 2 amide bonds. The van der Waals surface area contributed by atoms with Crippen molar-refractivity contribution in [2.24, 2.45) is 5.92 Å². The summed E-state index contributed by atoms with van der Waals surface area (Å²) < 4.78 is 13.9. The number of halogens is 1. The third-order valence-electron chi connectivity index (χ3n) is 4.69. The lowest BCUT2D eigenvalue weighted by Gasteiger charge is -2.32. The van der Waals surface area contributed by atoms with Crippen LogP contribution in [-0.2, 0) is 9.59 Å². The molecule has 1 fully saturated rings. The standard InChI is InChI=1S/C18H21FN2O2S/c1-2-16(22)21-9-6-12(7-10-21)18(23)20-15-8-11-24-17-13(15)4-3-5-14(17)19/h2-5,12,15H,1,6-11H2,(H,20,23). The Balaban J connectivity index is 1.62. The summed E-state index contributed by atoms with van der Waals surface area (Å²) in [6.45, 7) is 4.65. The fraction of sp³-hybridized carbons (Fsp3) is 0.444. The van der Waals surface area contributed by atoms with E-state index in [1.165, 1.54) is 23.9 Å². The Morgan fingerprint density at radius 2 is 2.04 bits per heavy atom. The summed E-state index contributed by atoms with van der Waals surface area (Å²) in [7, 11) is 0. The van der Waals surface area contributed by atoms with Crippen LogP contribution in [0.25, 0.3) is 0 Å². The second kappa shape index (κ2) is 7.38. The Hall–Kier alpha value is -1.82. The van der Waals surface area contributed by atoms with Gasteiger partial charge in [0.15, 0.2) is 0 Å². The summed E-state index contributed by atoms with van der Waals surface area (Å²) in [6.07, 6.45) is 3.43. The second-order valence-corrected chi connectivity index (χ2v) is 7.27.